The normalized spacial score (nSPS) is 11.6. The summed E-state index contributed by atoms with van der Waals surface area (Å²) >= 11 is 0. The zero-order chi connectivity index (χ0) is 30.3. The molecule has 0 saturated heterocycles. The minimum absolute atomic E-state index is 0.375. The predicted octanol–water partition coefficient (Wildman–Crippen LogP) is 15.2. The Kier molecular flexibility index (Phi) is 40.9. The van der Waals surface area contributed by atoms with Crippen molar-refractivity contribution in [1.29, 1.82) is 0 Å². The quantitative estimate of drug-likeness (QED) is 0.0704. The molecule has 0 atom stereocenters. The second kappa shape index (κ2) is 41.0. The smallest absolute Gasteiger partial charge is 0.0431 e. The zero-order valence-corrected chi connectivity index (χ0v) is 29.7. The van der Waals surface area contributed by atoms with Crippen molar-refractivity contribution in [3.05, 3.63) is 0 Å². The Labute approximate surface area is 268 Å². The zero-order valence-electron chi connectivity index (χ0n) is 29.7. The average Bonchev–Trinajstić information content (AvgIpc) is 3.00. The van der Waals surface area contributed by atoms with E-state index in [1.807, 2.05) is 0 Å². The highest BCUT2D eigenvalue weighted by atomic mass is 16.2. The molecule has 1 N–H and O–H groups in total. The Bertz CT molecular complexity index is 393. The highest BCUT2D eigenvalue weighted by molar-refractivity contribution is 4.53. The van der Waals surface area contributed by atoms with Gasteiger partial charge in [0.1, 0.15) is 0 Å². The molecule has 0 saturated carbocycles. The maximum absolute atomic E-state index is 8.80. The molecule has 1 heteroatoms. The molecule has 254 valence electrons. The van der Waals surface area contributed by atoms with Crippen molar-refractivity contribution in [2.45, 2.75) is 257 Å². The maximum atomic E-state index is 8.80. The summed E-state index contributed by atoms with van der Waals surface area (Å²) in [5.41, 5.74) is 0. The largest absolute Gasteiger partial charge is 0.396 e. The minimum Gasteiger partial charge on any atom is -0.396 e. The molecule has 1 nitrogen and oxygen atoms in total. The van der Waals surface area contributed by atoms with E-state index in [-0.39, 0.29) is 0 Å². The van der Waals surface area contributed by atoms with Crippen LogP contribution >= 0.6 is 0 Å². The van der Waals surface area contributed by atoms with Crippen molar-refractivity contribution >= 4 is 0 Å². The van der Waals surface area contributed by atoms with E-state index in [1.165, 1.54) is 244 Å². The highest BCUT2D eigenvalue weighted by Crippen LogP contribution is 2.17. The van der Waals surface area contributed by atoms with Crippen molar-refractivity contribution in [2.24, 2.45) is 0 Å². The highest BCUT2D eigenvalue weighted by Gasteiger charge is 1.98. The van der Waals surface area contributed by atoms with Crippen LogP contribution in [0.1, 0.15) is 257 Å². The molecule has 0 radical (unpaired) electrons. The van der Waals surface area contributed by atoms with E-state index in [0.717, 1.165) is 6.42 Å². The van der Waals surface area contributed by atoms with Gasteiger partial charge in [-0.2, -0.15) is 0 Å². The molecule has 0 bridgehead atoms. The molecule has 0 aromatic rings. The van der Waals surface area contributed by atoms with Gasteiger partial charge in [-0.15, -0.1) is 0 Å². The van der Waals surface area contributed by atoms with E-state index in [4.69, 9.17) is 5.11 Å². The molecule has 0 aliphatic carbocycles. The fraction of sp³-hybridized carbons (Fsp3) is 1.00. The molecule has 0 rings (SSSR count). The first-order chi connectivity index (χ1) is 20.9. The van der Waals surface area contributed by atoms with Crippen LogP contribution in [0.2, 0.25) is 0 Å². The Morgan fingerprint density at radius 1 is 0.190 bits per heavy atom. The molecule has 0 fully saturated rings. The third kappa shape index (κ3) is 40.0. The molecule has 0 aromatic carbocycles. The van der Waals surface area contributed by atoms with Gasteiger partial charge >= 0.3 is 0 Å². The fourth-order valence-corrected chi connectivity index (χ4v) is 6.73. The van der Waals surface area contributed by atoms with Gasteiger partial charge in [0.25, 0.3) is 0 Å². The molecule has 42 heavy (non-hydrogen) atoms. The van der Waals surface area contributed by atoms with Gasteiger partial charge in [0.05, 0.1) is 0 Å². The van der Waals surface area contributed by atoms with Gasteiger partial charge in [-0.1, -0.05) is 251 Å². The first-order valence-corrected chi connectivity index (χ1v) is 20.5. The molecule has 0 aromatic heterocycles. The van der Waals surface area contributed by atoms with E-state index in [9.17, 15) is 0 Å². The van der Waals surface area contributed by atoms with Gasteiger partial charge in [-0.25, -0.2) is 0 Å². The monoisotopic (exact) mass is 593 g/mol. The molecular formula is C41H84O. The third-order valence-electron chi connectivity index (χ3n) is 9.76. The lowest BCUT2D eigenvalue weighted by atomic mass is 10.0. The predicted molar refractivity (Wildman–Crippen MR) is 193 cm³/mol. The Balaban J connectivity index is 3.02. The van der Waals surface area contributed by atoms with Gasteiger partial charge in [-0.3, -0.25) is 0 Å². The first kappa shape index (κ1) is 42.0. The van der Waals surface area contributed by atoms with Crippen LogP contribution in [0.3, 0.4) is 0 Å². The van der Waals surface area contributed by atoms with Gasteiger partial charge in [-0.05, 0) is 6.42 Å². The second-order valence-electron chi connectivity index (χ2n) is 14.2. The molecule has 0 aliphatic rings. The Morgan fingerprint density at radius 2 is 0.310 bits per heavy atom. The van der Waals surface area contributed by atoms with Crippen LogP contribution in [0.15, 0.2) is 0 Å². The summed E-state index contributed by atoms with van der Waals surface area (Å²) in [7, 11) is 0. The minimum atomic E-state index is 0.375. The second-order valence-corrected chi connectivity index (χ2v) is 14.2. The summed E-state index contributed by atoms with van der Waals surface area (Å²) in [4.78, 5) is 0. The first-order valence-electron chi connectivity index (χ1n) is 20.5. The Morgan fingerprint density at radius 3 is 0.429 bits per heavy atom. The van der Waals surface area contributed by atoms with Gasteiger partial charge in [0.2, 0.25) is 0 Å². The van der Waals surface area contributed by atoms with Crippen molar-refractivity contribution in [1.82, 2.24) is 0 Å². The van der Waals surface area contributed by atoms with Crippen molar-refractivity contribution in [3.63, 3.8) is 0 Å². The number of aliphatic hydroxyl groups excluding tert-OH is 1. The van der Waals surface area contributed by atoms with Crippen LogP contribution < -0.4 is 0 Å². The summed E-state index contributed by atoms with van der Waals surface area (Å²) in [6.07, 6.45) is 56.5. The summed E-state index contributed by atoms with van der Waals surface area (Å²) in [5, 5.41) is 8.80. The molecule has 0 spiro atoms. The standard InChI is InChI=1S/C41H84O/c1-2-3-4-5-6-7-8-9-10-11-12-13-14-15-16-17-18-19-20-21-22-23-24-25-26-27-28-29-30-31-32-33-34-35-36-37-38-39-40-41-42/h42H,2-41H2,1H3. The van der Waals surface area contributed by atoms with E-state index in [2.05, 4.69) is 6.92 Å². The van der Waals surface area contributed by atoms with Gasteiger partial charge in [0, 0.05) is 6.61 Å². The van der Waals surface area contributed by atoms with Crippen LogP contribution in [0.25, 0.3) is 0 Å². The maximum Gasteiger partial charge on any atom is 0.0431 e. The lowest BCUT2D eigenvalue weighted by molar-refractivity contribution is 0.282. The number of unbranched alkanes of at least 4 members (excludes halogenated alkanes) is 38. The van der Waals surface area contributed by atoms with E-state index < -0.39 is 0 Å². The van der Waals surface area contributed by atoms with Crippen molar-refractivity contribution in [3.8, 4) is 0 Å². The van der Waals surface area contributed by atoms with Crippen LogP contribution in [-0.4, -0.2) is 11.7 Å². The number of aliphatic hydroxyl groups is 1. The molecule has 0 unspecified atom stereocenters. The number of hydrogen-bond donors (Lipinski definition) is 1. The van der Waals surface area contributed by atoms with Crippen LogP contribution in [-0.2, 0) is 0 Å². The molecule has 0 aliphatic heterocycles. The van der Waals surface area contributed by atoms with Crippen molar-refractivity contribution in [2.75, 3.05) is 6.61 Å². The third-order valence-corrected chi connectivity index (χ3v) is 9.76. The average molecular weight is 593 g/mol. The lowest BCUT2D eigenvalue weighted by Gasteiger charge is -2.05. The summed E-state index contributed by atoms with van der Waals surface area (Å²) in [5.74, 6) is 0. The number of hydrogen-bond acceptors (Lipinski definition) is 1. The van der Waals surface area contributed by atoms with Gasteiger partial charge in [0.15, 0.2) is 0 Å². The van der Waals surface area contributed by atoms with Crippen LogP contribution in [0, 0.1) is 0 Å². The van der Waals surface area contributed by atoms with E-state index in [0.29, 0.717) is 6.61 Å². The molecular weight excluding hydrogens is 508 g/mol. The molecule has 0 amide bonds. The van der Waals surface area contributed by atoms with E-state index >= 15 is 0 Å². The van der Waals surface area contributed by atoms with Crippen LogP contribution in [0.5, 0.6) is 0 Å². The van der Waals surface area contributed by atoms with E-state index in [1.54, 1.807) is 0 Å². The fourth-order valence-electron chi connectivity index (χ4n) is 6.73. The van der Waals surface area contributed by atoms with Gasteiger partial charge < -0.3 is 5.11 Å². The summed E-state index contributed by atoms with van der Waals surface area (Å²) < 4.78 is 0. The lowest BCUT2D eigenvalue weighted by Crippen LogP contribution is -1.85. The number of rotatable bonds is 39. The topological polar surface area (TPSA) is 20.2 Å². The summed E-state index contributed by atoms with van der Waals surface area (Å²) in [6.45, 7) is 2.68. The Hall–Kier alpha value is -0.0400. The van der Waals surface area contributed by atoms with Crippen molar-refractivity contribution < 1.29 is 5.11 Å². The molecule has 0 heterocycles. The SMILES string of the molecule is CCCCCCCCCCCCCCCCCCCCCCCCCCCCCCCCCCCCCCCCCO. The van der Waals surface area contributed by atoms with Crippen LogP contribution in [0.4, 0.5) is 0 Å². The summed E-state index contributed by atoms with van der Waals surface area (Å²) in [6, 6.07) is 0.